The molecule has 1 amide bonds. The van der Waals surface area contributed by atoms with Crippen LogP contribution in [0.15, 0.2) is 0 Å². The Balaban J connectivity index is 3.20. The number of carboxylic acid groups (broad SMARTS) is 1. The molecule has 0 aromatic carbocycles. The zero-order chi connectivity index (χ0) is 12.2. The second-order valence-corrected chi connectivity index (χ2v) is 4.01. The van der Waals surface area contributed by atoms with Crippen LogP contribution in [0.2, 0.25) is 0 Å². The number of carbonyl (C=O) groups excluding carboxylic acids is 1. The van der Waals surface area contributed by atoms with Crippen molar-refractivity contribution in [1.29, 1.82) is 0 Å². The minimum atomic E-state index is -0.875. The van der Waals surface area contributed by atoms with Crippen molar-refractivity contribution < 1.29 is 14.7 Å². The first-order chi connectivity index (χ1) is 7.66. The fourth-order valence-corrected chi connectivity index (χ4v) is 1.46. The molecule has 0 fully saturated rings. The third kappa shape index (κ3) is 11.0. The summed E-state index contributed by atoms with van der Waals surface area (Å²) >= 11 is 0. The molecule has 0 aromatic heterocycles. The van der Waals surface area contributed by atoms with Crippen LogP contribution >= 0.6 is 0 Å². The molecule has 0 atom stereocenters. The standard InChI is InChI=1S/C12H23NO3/c1-2-3-4-5-6-7-8-11(14)13-10-9-12(15)16/h2-10H2,1H3,(H,13,14)(H,15,16). The van der Waals surface area contributed by atoms with Crippen molar-refractivity contribution in [2.75, 3.05) is 6.54 Å². The molecular formula is C12H23NO3. The lowest BCUT2D eigenvalue weighted by atomic mass is 10.1. The van der Waals surface area contributed by atoms with E-state index in [9.17, 15) is 9.59 Å². The number of aliphatic carboxylic acids is 1. The lowest BCUT2D eigenvalue weighted by Gasteiger charge is -2.03. The second-order valence-electron chi connectivity index (χ2n) is 4.01. The van der Waals surface area contributed by atoms with E-state index >= 15 is 0 Å². The maximum absolute atomic E-state index is 11.2. The molecule has 0 spiro atoms. The average Bonchev–Trinajstić information content (AvgIpc) is 2.22. The van der Waals surface area contributed by atoms with Gasteiger partial charge in [0.2, 0.25) is 5.91 Å². The first-order valence-corrected chi connectivity index (χ1v) is 6.15. The molecule has 0 radical (unpaired) electrons. The fourth-order valence-electron chi connectivity index (χ4n) is 1.46. The van der Waals surface area contributed by atoms with Crippen LogP contribution in [0.3, 0.4) is 0 Å². The highest BCUT2D eigenvalue weighted by atomic mass is 16.4. The molecule has 94 valence electrons. The maximum atomic E-state index is 11.2. The van der Waals surface area contributed by atoms with Gasteiger partial charge >= 0.3 is 5.97 Å². The predicted molar refractivity (Wildman–Crippen MR) is 63.3 cm³/mol. The summed E-state index contributed by atoms with van der Waals surface area (Å²) in [6, 6.07) is 0. The van der Waals surface area contributed by atoms with E-state index in [4.69, 9.17) is 5.11 Å². The highest BCUT2D eigenvalue weighted by Crippen LogP contribution is 2.06. The van der Waals surface area contributed by atoms with Gasteiger partial charge in [0.1, 0.15) is 0 Å². The second kappa shape index (κ2) is 10.5. The number of hydrogen-bond acceptors (Lipinski definition) is 2. The number of carbonyl (C=O) groups is 2. The molecule has 0 aliphatic heterocycles. The molecule has 0 saturated carbocycles. The normalized spacial score (nSPS) is 10.1. The topological polar surface area (TPSA) is 66.4 Å². The van der Waals surface area contributed by atoms with Crippen molar-refractivity contribution >= 4 is 11.9 Å². The van der Waals surface area contributed by atoms with E-state index in [0.29, 0.717) is 6.42 Å². The molecule has 0 aliphatic carbocycles. The Bertz CT molecular complexity index is 204. The van der Waals surface area contributed by atoms with Gasteiger partial charge in [0.05, 0.1) is 6.42 Å². The van der Waals surface area contributed by atoms with Crippen molar-refractivity contribution in [2.24, 2.45) is 0 Å². The van der Waals surface area contributed by atoms with Gasteiger partial charge in [0.15, 0.2) is 0 Å². The van der Waals surface area contributed by atoms with Crippen LogP contribution in [-0.4, -0.2) is 23.5 Å². The van der Waals surface area contributed by atoms with Gasteiger partial charge in [-0.05, 0) is 6.42 Å². The number of nitrogens with one attached hydrogen (secondary N) is 1. The Kier molecular flexibility index (Phi) is 9.76. The van der Waals surface area contributed by atoms with Crippen LogP contribution in [0.25, 0.3) is 0 Å². The van der Waals surface area contributed by atoms with Gasteiger partial charge in [0, 0.05) is 13.0 Å². The molecular weight excluding hydrogens is 206 g/mol. The third-order valence-corrected chi connectivity index (χ3v) is 2.42. The summed E-state index contributed by atoms with van der Waals surface area (Å²) in [4.78, 5) is 21.4. The quantitative estimate of drug-likeness (QED) is 0.565. The van der Waals surface area contributed by atoms with Gasteiger partial charge in [-0.1, -0.05) is 39.0 Å². The molecule has 0 saturated heterocycles. The minimum absolute atomic E-state index is 0.00222. The molecule has 0 aliphatic rings. The predicted octanol–water partition coefficient (Wildman–Crippen LogP) is 2.33. The summed E-state index contributed by atoms with van der Waals surface area (Å²) < 4.78 is 0. The maximum Gasteiger partial charge on any atom is 0.305 e. The zero-order valence-electron chi connectivity index (χ0n) is 10.1. The Morgan fingerprint density at radius 3 is 2.25 bits per heavy atom. The summed E-state index contributed by atoms with van der Waals surface area (Å²) in [6.45, 7) is 2.42. The number of unbranched alkanes of at least 4 members (excludes halogenated alkanes) is 5. The van der Waals surface area contributed by atoms with E-state index in [-0.39, 0.29) is 18.9 Å². The largest absolute Gasteiger partial charge is 0.481 e. The molecule has 16 heavy (non-hydrogen) atoms. The van der Waals surface area contributed by atoms with Crippen molar-refractivity contribution in [3.05, 3.63) is 0 Å². The van der Waals surface area contributed by atoms with Crippen LogP contribution in [0.5, 0.6) is 0 Å². The molecule has 0 aromatic rings. The third-order valence-electron chi connectivity index (χ3n) is 2.42. The molecule has 4 nitrogen and oxygen atoms in total. The van der Waals surface area contributed by atoms with Crippen LogP contribution in [0, 0.1) is 0 Å². The molecule has 0 heterocycles. The average molecular weight is 229 g/mol. The lowest BCUT2D eigenvalue weighted by Crippen LogP contribution is -2.25. The van der Waals surface area contributed by atoms with Crippen LogP contribution < -0.4 is 5.32 Å². The van der Waals surface area contributed by atoms with E-state index in [1.54, 1.807) is 0 Å². The summed E-state index contributed by atoms with van der Waals surface area (Å²) in [7, 11) is 0. The molecule has 0 rings (SSSR count). The molecule has 0 unspecified atom stereocenters. The Morgan fingerprint density at radius 2 is 1.62 bits per heavy atom. The minimum Gasteiger partial charge on any atom is -0.481 e. The number of hydrogen-bond donors (Lipinski definition) is 2. The van der Waals surface area contributed by atoms with Crippen LogP contribution in [0.1, 0.15) is 58.3 Å². The van der Waals surface area contributed by atoms with Gasteiger partial charge in [0.25, 0.3) is 0 Å². The van der Waals surface area contributed by atoms with E-state index in [1.807, 2.05) is 0 Å². The van der Waals surface area contributed by atoms with Crippen molar-refractivity contribution in [3.8, 4) is 0 Å². The molecule has 0 bridgehead atoms. The Labute approximate surface area is 97.4 Å². The lowest BCUT2D eigenvalue weighted by molar-refractivity contribution is -0.136. The Hall–Kier alpha value is -1.06. The monoisotopic (exact) mass is 229 g/mol. The van der Waals surface area contributed by atoms with Crippen LogP contribution in [-0.2, 0) is 9.59 Å². The van der Waals surface area contributed by atoms with Crippen molar-refractivity contribution in [3.63, 3.8) is 0 Å². The van der Waals surface area contributed by atoms with Gasteiger partial charge in [-0.25, -0.2) is 0 Å². The van der Waals surface area contributed by atoms with Gasteiger partial charge in [-0.2, -0.15) is 0 Å². The fraction of sp³-hybridized carbons (Fsp3) is 0.833. The van der Waals surface area contributed by atoms with Gasteiger partial charge in [-0.15, -0.1) is 0 Å². The number of rotatable bonds is 10. The van der Waals surface area contributed by atoms with Crippen LogP contribution in [0.4, 0.5) is 0 Å². The first kappa shape index (κ1) is 14.9. The molecule has 2 N–H and O–H groups in total. The highest BCUT2D eigenvalue weighted by Gasteiger charge is 2.02. The summed E-state index contributed by atoms with van der Waals surface area (Å²) in [6.07, 6.45) is 7.46. The smallest absolute Gasteiger partial charge is 0.305 e. The first-order valence-electron chi connectivity index (χ1n) is 6.15. The van der Waals surface area contributed by atoms with E-state index in [2.05, 4.69) is 12.2 Å². The van der Waals surface area contributed by atoms with Gasteiger partial charge < -0.3 is 10.4 Å². The Morgan fingerprint density at radius 1 is 1.00 bits per heavy atom. The van der Waals surface area contributed by atoms with Gasteiger partial charge in [-0.3, -0.25) is 9.59 Å². The summed E-state index contributed by atoms with van der Waals surface area (Å²) in [5.74, 6) is -0.906. The van der Waals surface area contributed by atoms with E-state index in [1.165, 1.54) is 25.7 Å². The SMILES string of the molecule is CCCCCCCCC(=O)NCCC(=O)O. The number of amides is 1. The molecule has 4 heteroatoms. The van der Waals surface area contributed by atoms with Crippen molar-refractivity contribution in [1.82, 2.24) is 5.32 Å². The zero-order valence-corrected chi connectivity index (χ0v) is 10.1. The van der Waals surface area contributed by atoms with E-state index < -0.39 is 5.97 Å². The van der Waals surface area contributed by atoms with E-state index in [0.717, 1.165) is 12.8 Å². The summed E-state index contributed by atoms with van der Waals surface area (Å²) in [5.41, 5.74) is 0. The summed E-state index contributed by atoms with van der Waals surface area (Å²) in [5, 5.41) is 11.0. The van der Waals surface area contributed by atoms with Crippen molar-refractivity contribution in [2.45, 2.75) is 58.3 Å². The highest BCUT2D eigenvalue weighted by molar-refractivity contribution is 5.76. The number of carboxylic acids is 1.